The molecule has 0 aliphatic heterocycles. The molecule has 6 heteroatoms. The predicted molar refractivity (Wildman–Crippen MR) is 74.3 cm³/mol. The minimum Gasteiger partial charge on any atom is -0.465 e. The maximum absolute atomic E-state index is 11.4. The predicted octanol–water partition coefficient (Wildman–Crippen LogP) is 2.35. The number of carbonyl (C=O) groups is 1. The zero-order chi connectivity index (χ0) is 13.4. The minimum atomic E-state index is -0.384. The van der Waals surface area contributed by atoms with Crippen LogP contribution in [0.2, 0.25) is 0 Å². The monoisotopic (exact) mass is 272 g/mol. The van der Waals surface area contributed by atoms with Gasteiger partial charge in [0.25, 0.3) is 0 Å². The lowest BCUT2D eigenvalue weighted by atomic mass is 10.2. The second-order valence-corrected chi connectivity index (χ2v) is 4.92. The first-order valence-corrected chi connectivity index (χ1v) is 6.71. The lowest BCUT2D eigenvalue weighted by Gasteiger charge is -2.02. The summed E-state index contributed by atoms with van der Waals surface area (Å²) in [6, 6.07) is 1.77. The molecule has 0 amide bonds. The third kappa shape index (κ3) is 4.54. The van der Waals surface area contributed by atoms with Crippen molar-refractivity contribution in [3.05, 3.63) is 10.9 Å². The minimum absolute atomic E-state index is 0.384. The van der Waals surface area contributed by atoms with Crippen LogP contribution in [0.1, 0.15) is 28.9 Å². The van der Waals surface area contributed by atoms with E-state index in [4.69, 9.17) is 10.5 Å². The van der Waals surface area contributed by atoms with Crippen LogP contribution in [0.4, 0.5) is 10.7 Å². The molecule has 0 aliphatic carbocycles. The Balaban J connectivity index is 2.33. The smallest absolute Gasteiger partial charge is 0.350 e. The molecule has 1 heterocycles. The molecule has 1 rings (SSSR count). The zero-order valence-corrected chi connectivity index (χ0v) is 11.6. The highest BCUT2D eigenvalue weighted by Crippen LogP contribution is 2.29. The lowest BCUT2D eigenvalue weighted by molar-refractivity contribution is 0.0607. The van der Waals surface area contributed by atoms with E-state index in [0.717, 1.165) is 37.4 Å². The molecule has 5 nitrogen and oxygen atoms in total. The Morgan fingerprint density at radius 3 is 2.83 bits per heavy atom. The summed E-state index contributed by atoms with van der Waals surface area (Å²) in [7, 11) is 3.06. The van der Waals surface area contributed by atoms with Crippen LogP contribution >= 0.6 is 11.3 Å². The molecule has 0 radical (unpaired) electrons. The van der Waals surface area contributed by atoms with E-state index in [-0.39, 0.29) is 5.97 Å². The van der Waals surface area contributed by atoms with E-state index < -0.39 is 0 Å². The molecule has 102 valence electrons. The van der Waals surface area contributed by atoms with Gasteiger partial charge in [0.05, 0.1) is 17.8 Å². The highest BCUT2D eigenvalue weighted by Gasteiger charge is 2.14. The third-order valence-corrected chi connectivity index (χ3v) is 3.54. The molecule has 0 aromatic carbocycles. The average Bonchev–Trinajstić information content (AvgIpc) is 2.74. The summed E-state index contributed by atoms with van der Waals surface area (Å²) in [5.74, 6) is -0.384. The van der Waals surface area contributed by atoms with Crippen molar-refractivity contribution in [2.24, 2.45) is 0 Å². The van der Waals surface area contributed by atoms with Gasteiger partial charge in [0.1, 0.15) is 4.88 Å². The van der Waals surface area contributed by atoms with Crippen LogP contribution in [-0.2, 0) is 9.47 Å². The van der Waals surface area contributed by atoms with Crippen LogP contribution in [0.3, 0.4) is 0 Å². The van der Waals surface area contributed by atoms with Crippen molar-refractivity contribution in [1.82, 2.24) is 0 Å². The SMILES string of the molecule is COCCCCCNc1cc(N)c(C(=O)OC)s1. The van der Waals surface area contributed by atoms with E-state index in [0.29, 0.717) is 10.6 Å². The number of unbranched alkanes of at least 4 members (excludes halogenated alkanes) is 2. The highest BCUT2D eigenvalue weighted by molar-refractivity contribution is 7.18. The Labute approximate surface area is 111 Å². The van der Waals surface area contributed by atoms with Gasteiger partial charge in [0.15, 0.2) is 0 Å². The van der Waals surface area contributed by atoms with E-state index in [1.165, 1.54) is 18.4 Å². The molecule has 0 aliphatic rings. The molecule has 0 saturated heterocycles. The number of nitrogen functional groups attached to an aromatic ring is 1. The Bertz CT molecular complexity index is 379. The Hall–Kier alpha value is -1.27. The number of nitrogens with one attached hydrogen (secondary N) is 1. The summed E-state index contributed by atoms with van der Waals surface area (Å²) in [6.45, 7) is 1.67. The Kier molecular flexibility index (Phi) is 6.53. The number of hydrogen-bond donors (Lipinski definition) is 2. The van der Waals surface area contributed by atoms with E-state index in [1.807, 2.05) is 0 Å². The van der Waals surface area contributed by atoms with Crippen LogP contribution in [0.5, 0.6) is 0 Å². The summed E-state index contributed by atoms with van der Waals surface area (Å²) >= 11 is 1.33. The van der Waals surface area contributed by atoms with Gasteiger partial charge in [-0.25, -0.2) is 4.79 Å². The summed E-state index contributed by atoms with van der Waals surface area (Å²) in [4.78, 5) is 11.8. The van der Waals surface area contributed by atoms with Gasteiger partial charge in [-0.15, -0.1) is 11.3 Å². The lowest BCUT2D eigenvalue weighted by Crippen LogP contribution is -2.01. The van der Waals surface area contributed by atoms with Crippen LogP contribution in [0.25, 0.3) is 0 Å². The van der Waals surface area contributed by atoms with Gasteiger partial charge in [-0.05, 0) is 25.3 Å². The van der Waals surface area contributed by atoms with Crippen LogP contribution in [0.15, 0.2) is 6.07 Å². The molecular formula is C12H20N2O3S. The average molecular weight is 272 g/mol. The van der Waals surface area contributed by atoms with Crippen molar-refractivity contribution in [3.63, 3.8) is 0 Å². The van der Waals surface area contributed by atoms with Crippen molar-refractivity contribution in [3.8, 4) is 0 Å². The molecule has 3 N–H and O–H groups in total. The van der Waals surface area contributed by atoms with Crippen molar-refractivity contribution in [2.75, 3.05) is 38.4 Å². The first-order valence-electron chi connectivity index (χ1n) is 5.89. The highest BCUT2D eigenvalue weighted by atomic mass is 32.1. The first-order chi connectivity index (χ1) is 8.69. The number of carbonyl (C=O) groups excluding carboxylic acids is 1. The van der Waals surface area contributed by atoms with Crippen LogP contribution in [-0.4, -0.2) is 33.3 Å². The number of thiophene rings is 1. The molecule has 0 fully saturated rings. The molecule has 18 heavy (non-hydrogen) atoms. The van der Waals surface area contributed by atoms with E-state index >= 15 is 0 Å². The quantitative estimate of drug-likeness (QED) is 0.561. The van der Waals surface area contributed by atoms with Crippen LogP contribution in [0, 0.1) is 0 Å². The zero-order valence-electron chi connectivity index (χ0n) is 10.8. The molecule has 0 saturated carbocycles. The fourth-order valence-corrected chi connectivity index (χ4v) is 2.43. The van der Waals surface area contributed by atoms with Gasteiger partial charge in [-0.1, -0.05) is 0 Å². The van der Waals surface area contributed by atoms with Gasteiger partial charge < -0.3 is 20.5 Å². The number of esters is 1. The van der Waals surface area contributed by atoms with Gasteiger partial charge in [-0.3, -0.25) is 0 Å². The molecule has 1 aromatic heterocycles. The summed E-state index contributed by atoms with van der Waals surface area (Å²) in [5, 5.41) is 4.15. The number of anilines is 2. The molecule has 0 bridgehead atoms. The second kappa shape index (κ2) is 7.94. The second-order valence-electron chi connectivity index (χ2n) is 3.87. The maximum atomic E-state index is 11.4. The fourth-order valence-electron chi connectivity index (χ4n) is 1.50. The Morgan fingerprint density at radius 2 is 2.17 bits per heavy atom. The number of methoxy groups -OCH3 is 2. The van der Waals surface area contributed by atoms with Crippen LogP contribution < -0.4 is 11.1 Å². The van der Waals surface area contributed by atoms with Crippen molar-refractivity contribution in [2.45, 2.75) is 19.3 Å². The van der Waals surface area contributed by atoms with Gasteiger partial charge in [0.2, 0.25) is 0 Å². The summed E-state index contributed by atoms with van der Waals surface area (Å²) in [5.41, 5.74) is 6.21. The number of rotatable bonds is 8. The van der Waals surface area contributed by atoms with E-state index in [2.05, 4.69) is 10.1 Å². The summed E-state index contributed by atoms with van der Waals surface area (Å²) in [6.07, 6.45) is 3.25. The fraction of sp³-hybridized carbons (Fsp3) is 0.583. The summed E-state index contributed by atoms with van der Waals surface area (Å²) < 4.78 is 9.63. The van der Waals surface area contributed by atoms with E-state index in [9.17, 15) is 4.79 Å². The largest absolute Gasteiger partial charge is 0.465 e. The first kappa shape index (κ1) is 14.8. The van der Waals surface area contributed by atoms with Gasteiger partial charge >= 0.3 is 5.97 Å². The van der Waals surface area contributed by atoms with E-state index in [1.54, 1.807) is 13.2 Å². The molecule has 0 spiro atoms. The number of hydrogen-bond acceptors (Lipinski definition) is 6. The van der Waals surface area contributed by atoms with Crippen molar-refractivity contribution in [1.29, 1.82) is 0 Å². The third-order valence-electron chi connectivity index (χ3n) is 2.46. The Morgan fingerprint density at radius 1 is 1.39 bits per heavy atom. The number of nitrogens with two attached hydrogens (primary N) is 1. The van der Waals surface area contributed by atoms with Crippen molar-refractivity contribution >= 4 is 28.0 Å². The van der Waals surface area contributed by atoms with Gasteiger partial charge in [0, 0.05) is 20.3 Å². The normalized spacial score (nSPS) is 10.3. The molecular weight excluding hydrogens is 252 g/mol. The van der Waals surface area contributed by atoms with Gasteiger partial charge in [-0.2, -0.15) is 0 Å². The molecule has 0 atom stereocenters. The molecule has 0 unspecified atom stereocenters. The molecule has 1 aromatic rings. The topological polar surface area (TPSA) is 73.6 Å². The van der Waals surface area contributed by atoms with Crippen molar-refractivity contribution < 1.29 is 14.3 Å². The standard InChI is InChI=1S/C12H20N2O3S/c1-16-7-5-3-4-6-14-10-8-9(13)11(18-10)12(15)17-2/h8,14H,3-7,13H2,1-2H3. The maximum Gasteiger partial charge on any atom is 0.350 e. The number of ether oxygens (including phenoxy) is 2.